The highest BCUT2D eigenvalue weighted by atomic mass is 32.2. The molecule has 7 heteroatoms. The molecule has 24 heavy (non-hydrogen) atoms. The highest BCUT2D eigenvalue weighted by Gasteiger charge is 2.12. The predicted molar refractivity (Wildman–Crippen MR) is 99.3 cm³/mol. The van der Waals surface area contributed by atoms with Crippen molar-refractivity contribution in [2.24, 2.45) is 0 Å². The van der Waals surface area contributed by atoms with Crippen molar-refractivity contribution in [3.63, 3.8) is 0 Å². The summed E-state index contributed by atoms with van der Waals surface area (Å²) in [5, 5.41) is 16.5. The van der Waals surface area contributed by atoms with Gasteiger partial charge in [-0.1, -0.05) is 54.2 Å². The number of nitrogens with zero attached hydrogens (tertiary/aromatic N) is 3. The van der Waals surface area contributed by atoms with E-state index in [4.69, 9.17) is 4.52 Å². The lowest BCUT2D eigenvalue weighted by atomic mass is 10.0. The van der Waals surface area contributed by atoms with Crippen LogP contribution >= 0.6 is 23.1 Å². The Morgan fingerprint density at radius 1 is 1.17 bits per heavy atom. The van der Waals surface area contributed by atoms with E-state index in [0.717, 1.165) is 37.9 Å². The summed E-state index contributed by atoms with van der Waals surface area (Å²) in [6.45, 7) is 8.27. The summed E-state index contributed by atoms with van der Waals surface area (Å²) < 4.78 is 6.11. The monoisotopic (exact) mass is 360 g/mol. The largest absolute Gasteiger partial charge is 0.361 e. The molecule has 0 aliphatic carbocycles. The Morgan fingerprint density at radius 3 is 2.54 bits per heavy atom. The molecule has 2 heterocycles. The van der Waals surface area contributed by atoms with Crippen molar-refractivity contribution in [2.75, 3.05) is 5.32 Å². The first kappa shape index (κ1) is 17.0. The van der Waals surface area contributed by atoms with Gasteiger partial charge in [0.25, 0.3) is 0 Å². The summed E-state index contributed by atoms with van der Waals surface area (Å²) >= 11 is 3.20. The van der Waals surface area contributed by atoms with Crippen LogP contribution < -0.4 is 5.32 Å². The molecule has 0 fully saturated rings. The van der Waals surface area contributed by atoms with Crippen LogP contribution in [-0.2, 0) is 5.75 Å². The van der Waals surface area contributed by atoms with E-state index >= 15 is 0 Å². The first-order chi connectivity index (χ1) is 11.5. The van der Waals surface area contributed by atoms with Crippen LogP contribution in [0.15, 0.2) is 33.1 Å². The van der Waals surface area contributed by atoms with E-state index in [1.54, 1.807) is 23.1 Å². The molecule has 5 nitrogen and oxygen atoms in total. The van der Waals surface area contributed by atoms with Gasteiger partial charge < -0.3 is 9.84 Å². The maximum Gasteiger partial charge on any atom is 0.210 e. The summed E-state index contributed by atoms with van der Waals surface area (Å²) in [5.74, 6) is 2.19. The quantitative estimate of drug-likeness (QED) is 0.602. The summed E-state index contributed by atoms with van der Waals surface area (Å²) in [7, 11) is 0. The van der Waals surface area contributed by atoms with Gasteiger partial charge >= 0.3 is 0 Å². The number of nitrogens with one attached hydrogen (secondary N) is 1. The van der Waals surface area contributed by atoms with E-state index in [-0.39, 0.29) is 0 Å². The Bertz CT molecular complexity index is 789. The van der Waals surface area contributed by atoms with Gasteiger partial charge in [-0.15, -0.1) is 10.2 Å². The lowest BCUT2D eigenvalue weighted by Gasteiger charge is -2.06. The maximum absolute atomic E-state index is 5.19. The Kier molecular flexibility index (Phi) is 5.20. The second-order valence-electron chi connectivity index (χ2n) is 5.87. The fraction of sp³-hybridized carbons (Fsp3) is 0.353. The van der Waals surface area contributed by atoms with Gasteiger partial charge in [0.05, 0.1) is 5.69 Å². The van der Waals surface area contributed by atoms with Crippen LogP contribution in [0.1, 0.15) is 42.3 Å². The number of thioether (sulfide) groups is 1. The third-order valence-corrected chi connectivity index (χ3v) is 5.75. The SMILES string of the molecule is Cc1noc(C)c1CSc1nnc(Nc2ccc(C(C)C)cc2)s1. The first-order valence-electron chi connectivity index (χ1n) is 7.78. The van der Waals surface area contributed by atoms with Crippen LogP contribution in [0.5, 0.6) is 0 Å². The average molecular weight is 361 g/mol. The molecule has 2 aromatic heterocycles. The van der Waals surface area contributed by atoms with Crippen LogP contribution in [0.3, 0.4) is 0 Å². The molecule has 0 bridgehead atoms. The lowest BCUT2D eigenvalue weighted by molar-refractivity contribution is 0.392. The fourth-order valence-electron chi connectivity index (χ4n) is 2.24. The van der Waals surface area contributed by atoms with E-state index in [2.05, 4.69) is 58.8 Å². The van der Waals surface area contributed by atoms with E-state index in [1.807, 2.05) is 13.8 Å². The fourth-order valence-corrected chi connectivity index (χ4v) is 4.16. The van der Waals surface area contributed by atoms with Crippen molar-refractivity contribution in [1.82, 2.24) is 15.4 Å². The number of hydrogen-bond donors (Lipinski definition) is 1. The van der Waals surface area contributed by atoms with Crippen LogP contribution in [0, 0.1) is 13.8 Å². The minimum absolute atomic E-state index is 0.535. The topological polar surface area (TPSA) is 63.8 Å². The molecule has 0 aliphatic heterocycles. The molecule has 0 amide bonds. The maximum atomic E-state index is 5.19. The van der Waals surface area contributed by atoms with Crippen molar-refractivity contribution >= 4 is 33.9 Å². The number of rotatable bonds is 6. The van der Waals surface area contributed by atoms with Crippen LogP contribution in [0.2, 0.25) is 0 Å². The van der Waals surface area contributed by atoms with Crippen LogP contribution in [-0.4, -0.2) is 15.4 Å². The van der Waals surface area contributed by atoms with Gasteiger partial charge in [-0.2, -0.15) is 0 Å². The molecule has 0 saturated carbocycles. The summed E-state index contributed by atoms with van der Waals surface area (Å²) in [5.41, 5.74) is 4.42. The molecular weight excluding hydrogens is 340 g/mol. The predicted octanol–water partition coefficient (Wildman–Crippen LogP) is 5.30. The zero-order valence-corrected chi connectivity index (χ0v) is 15.8. The van der Waals surface area contributed by atoms with Crippen molar-refractivity contribution in [3.8, 4) is 0 Å². The second-order valence-corrected chi connectivity index (χ2v) is 8.07. The van der Waals surface area contributed by atoms with Gasteiger partial charge in [0.1, 0.15) is 5.76 Å². The number of aryl methyl sites for hydroxylation is 2. The van der Waals surface area contributed by atoms with Crippen LogP contribution in [0.4, 0.5) is 10.8 Å². The van der Waals surface area contributed by atoms with Crippen molar-refractivity contribution in [1.29, 1.82) is 0 Å². The molecule has 3 rings (SSSR count). The highest BCUT2D eigenvalue weighted by Crippen LogP contribution is 2.31. The molecule has 0 radical (unpaired) electrons. The zero-order chi connectivity index (χ0) is 17.1. The van der Waals surface area contributed by atoms with Gasteiger partial charge in [0.15, 0.2) is 4.34 Å². The average Bonchev–Trinajstić information content (AvgIpc) is 3.13. The third kappa shape index (κ3) is 3.96. The summed E-state index contributed by atoms with van der Waals surface area (Å²) in [6.07, 6.45) is 0. The molecule has 1 aromatic carbocycles. The van der Waals surface area contributed by atoms with Gasteiger partial charge in [0.2, 0.25) is 5.13 Å². The Labute approximate surface area is 149 Å². The Balaban J connectivity index is 1.61. The minimum atomic E-state index is 0.535. The van der Waals surface area contributed by atoms with Crippen molar-refractivity contribution in [3.05, 3.63) is 46.8 Å². The Hall–Kier alpha value is -1.86. The molecular formula is C17H20N4OS2. The minimum Gasteiger partial charge on any atom is -0.361 e. The molecule has 0 unspecified atom stereocenters. The molecule has 1 N–H and O–H groups in total. The highest BCUT2D eigenvalue weighted by molar-refractivity contribution is 8.00. The van der Waals surface area contributed by atoms with Crippen molar-refractivity contribution < 1.29 is 4.52 Å². The summed E-state index contributed by atoms with van der Waals surface area (Å²) in [4.78, 5) is 0. The molecule has 0 spiro atoms. The van der Waals surface area contributed by atoms with Gasteiger partial charge in [-0.3, -0.25) is 0 Å². The molecule has 126 valence electrons. The molecule has 0 saturated heterocycles. The normalized spacial score (nSPS) is 11.2. The van der Waals surface area contributed by atoms with Gasteiger partial charge in [-0.05, 0) is 37.5 Å². The van der Waals surface area contributed by atoms with Gasteiger partial charge in [-0.25, -0.2) is 0 Å². The number of aromatic nitrogens is 3. The standard InChI is InChI=1S/C17H20N4OS2/c1-10(2)13-5-7-14(8-6-13)18-16-19-20-17(24-16)23-9-15-11(3)21-22-12(15)4/h5-8,10H,9H2,1-4H3,(H,18,19). The number of anilines is 2. The summed E-state index contributed by atoms with van der Waals surface area (Å²) in [6, 6.07) is 8.43. The van der Waals surface area contributed by atoms with Gasteiger partial charge in [0, 0.05) is 17.0 Å². The molecule has 0 atom stereocenters. The van der Waals surface area contributed by atoms with E-state index in [0.29, 0.717) is 5.92 Å². The number of hydrogen-bond acceptors (Lipinski definition) is 7. The van der Waals surface area contributed by atoms with E-state index in [9.17, 15) is 0 Å². The smallest absolute Gasteiger partial charge is 0.210 e. The van der Waals surface area contributed by atoms with Crippen molar-refractivity contribution in [2.45, 2.75) is 43.7 Å². The Morgan fingerprint density at radius 2 is 1.92 bits per heavy atom. The lowest BCUT2D eigenvalue weighted by Crippen LogP contribution is -1.91. The van der Waals surface area contributed by atoms with Crippen LogP contribution in [0.25, 0.3) is 0 Å². The number of benzene rings is 1. The second kappa shape index (κ2) is 7.36. The van der Waals surface area contributed by atoms with E-state index in [1.165, 1.54) is 5.56 Å². The third-order valence-electron chi connectivity index (χ3n) is 3.76. The zero-order valence-electron chi connectivity index (χ0n) is 14.2. The molecule has 0 aliphatic rings. The van der Waals surface area contributed by atoms with E-state index < -0.39 is 0 Å². The first-order valence-corrected chi connectivity index (χ1v) is 9.58. The molecule has 3 aromatic rings.